The van der Waals surface area contributed by atoms with E-state index in [0.717, 1.165) is 24.1 Å². The van der Waals surface area contributed by atoms with Crippen LogP contribution in [0.15, 0.2) is 59.6 Å². The number of aliphatic hydroxyl groups is 1. The lowest BCUT2D eigenvalue weighted by Gasteiger charge is -2.13. The Balaban J connectivity index is 0.00000392. The molecule has 2 aromatic carbocycles. The van der Waals surface area contributed by atoms with Crippen LogP contribution in [0.4, 0.5) is 4.39 Å². The maximum Gasteiger partial charge on any atom is 0.191 e. The van der Waals surface area contributed by atoms with E-state index in [1.165, 1.54) is 12.1 Å². The van der Waals surface area contributed by atoms with Crippen molar-refractivity contribution in [2.45, 2.75) is 26.1 Å². The third-order valence-corrected chi connectivity index (χ3v) is 3.85. The molecule has 2 rings (SSSR count). The standard InChI is InChI=1S/C21H28FN3O2.HI/c1-2-23-21(24-13-12-17-8-10-19(22)11-9-17)25-14-20(26)16-27-15-18-6-4-3-5-7-18;/h3-11,20,26H,2,12-16H2,1H3,(H2,23,24,25);1H. The summed E-state index contributed by atoms with van der Waals surface area (Å²) in [5.41, 5.74) is 2.12. The number of ether oxygens (including phenoxy) is 1. The molecule has 0 aliphatic carbocycles. The zero-order valence-corrected chi connectivity index (χ0v) is 18.4. The van der Waals surface area contributed by atoms with Gasteiger partial charge in [-0.3, -0.25) is 4.99 Å². The van der Waals surface area contributed by atoms with Gasteiger partial charge in [-0.1, -0.05) is 42.5 Å². The first kappa shape index (κ1) is 24.3. The lowest BCUT2D eigenvalue weighted by Crippen LogP contribution is -2.39. The molecule has 2 aromatic rings. The number of nitrogens with zero attached hydrogens (tertiary/aromatic N) is 1. The highest BCUT2D eigenvalue weighted by atomic mass is 127. The zero-order chi connectivity index (χ0) is 19.3. The number of aliphatic imine (C=N–C) groups is 1. The van der Waals surface area contributed by atoms with Gasteiger partial charge in [-0.25, -0.2) is 4.39 Å². The molecular formula is C21H29FIN3O2. The Bertz CT molecular complexity index is 684. The van der Waals surface area contributed by atoms with Crippen molar-refractivity contribution in [1.82, 2.24) is 10.6 Å². The van der Waals surface area contributed by atoms with E-state index in [-0.39, 0.29) is 42.9 Å². The second kappa shape index (κ2) is 14.3. The van der Waals surface area contributed by atoms with Gasteiger partial charge in [0.1, 0.15) is 5.82 Å². The smallest absolute Gasteiger partial charge is 0.191 e. The summed E-state index contributed by atoms with van der Waals surface area (Å²) in [6, 6.07) is 16.3. The Morgan fingerprint density at radius 2 is 1.79 bits per heavy atom. The molecule has 28 heavy (non-hydrogen) atoms. The Hall–Kier alpha value is -1.71. The first-order valence-corrected chi connectivity index (χ1v) is 9.23. The summed E-state index contributed by atoms with van der Waals surface area (Å²) in [4.78, 5) is 4.39. The lowest BCUT2D eigenvalue weighted by molar-refractivity contribution is 0.0331. The molecule has 0 aromatic heterocycles. The van der Waals surface area contributed by atoms with E-state index in [0.29, 0.717) is 19.1 Å². The van der Waals surface area contributed by atoms with Crippen LogP contribution < -0.4 is 10.6 Å². The number of hydrogen-bond donors (Lipinski definition) is 3. The van der Waals surface area contributed by atoms with Gasteiger partial charge in [-0.2, -0.15) is 0 Å². The van der Waals surface area contributed by atoms with Crippen molar-refractivity contribution in [3.05, 3.63) is 71.5 Å². The molecule has 0 aliphatic heterocycles. The average Bonchev–Trinajstić information content (AvgIpc) is 2.68. The van der Waals surface area contributed by atoms with Crippen molar-refractivity contribution < 1.29 is 14.2 Å². The molecule has 0 saturated carbocycles. The number of guanidine groups is 1. The Kier molecular flexibility index (Phi) is 12.4. The van der Waals surface area contributed by atoms with Gasteiger partial charge < -0.3 is 20.5 Å². The third-order valence-electron chi connectivity index (χ3n) is 3.85. The summed E-state index contributed by atoms with van der Waals surface area (Å²) in [7, 11) is 0. The molecule has 0 heterocycles. The highest BCUT2D eigenvalue weighted by Crippen LogP contribution is 2.03. The van der Waals surface area contributed by atoms with Crippen LogP contribution in [0.3, 0.4) is 0 Å². The molecule has 0 fully saturated rings. The molecule has 0 saturated heterocycles. The van der Waals surface area contributed by atoms with Crippen molar-refractivity contribution in [3.63, 3.8) is 0 Å². The van der Waals surface area contributed by atoms with E-state index in [2.05, 4.69) is 15.6 Å². The summed E-state index contributed by atoms with van der Waals surface area (Å²) in [5.74, 6) is 0.409. The number of benzene rings is 2. The van der Waals surface area contributed by atoms with E-state index in [4.69, 9.17) is 4.74 Å². The number of hydrogen-bond acceptors (Lipinski definition) is 3. The van der Waals surface area contributed by atoms with Crippen molar-refractivity contribution in [2.75, 3.05) is 26.2 Å². The van der Waals surface area contributed by atoms with Crippen molar-refractivity contribution in [3.8, 4) is 0 Å². The molecule has 1 atom stereocenters. The summed E-state index contributed by atoms with van der Waals surface area (Å²) in [6.45, 7) is 4.32. The number of nitrogens with one attached hydrogen (secondary N) is 2. The van der Waals surface area contributed by atoms with Gasteiger partial charge in [0.25, 0.3) is 0 Å². The SMILES string of the molecule is CCNC(=NCC(O)COCc1ccccc1)NCCc1ccc(F)cc1.I. The fourth-order valence-corrected chi connectivity index (χ4v) is 2.45. The highest BCUT2D eigenvalue weighted by molar-refractivity contribution is 14.0. The van der Waals surface area contributed by atoms with E-state index in [1.54, 1.807) is 12.1 Å². The van der Waals surface area contributed by atoms with Crippen molar-refractivity contribution in [2.24, 2.45) is 4.99 Å². The van der Waals surface area contributed by atoms with Gasteiger partial charge in [-0.15, -0.1) is 24.0 Å². The fraction of sp³-hybridized carbons (Fsp3) is 0.381. The van der Waals surface area contributed by atoms with E-state index >= 15 is 0 Å². The van der Waals surface area contributed by atoms with Crippen LogP contribution in [0.25, 0.3) is 0 Å². The molecule has 154 valence electrons. The van der Waals surface area contributed by atoms with Crippen LogP contribution in [0, 0.1) is 5.82 Å². The molecule has 0 bridgehead atoms. The highest BCUT2D eigenvalue weighted by Gasteiger charge is 2.05. The molecular weight excluding hydrogens is 472 g/mol. The molecule has 7 heteroatoms. The average molecular weight is 501 g/mol. The topological polar surface area (TPSA) is 65.9 Å². The first-order valence-electron chi connectivity index (χ1n) is 9.23. The van der Waals surface area contributed by atoms with Gasteiger partial charge in [0, 0.05) is 13.1 Å². The summed E-state index contributed by atoms with van der Waals surface area (Å²) >= 11 is 0. The van der Waals surface area contributed by atoms with Gasteiger partial charge in [0.2, 0.25) is 0 Å². The normalized spacial score (nSPS) is 12.2. The predicted molar refractivity (Wildman–Crippen MR) is 122 cm³/mol. The van der Waals surface area contributed by atoms with E-state index in [1.807, 2.05) is 37.3 Å². The van der Waals surface area contributed by atoms with Gasteiger partial charge >= 0.3 is 0 Å². The Morgan fingerprint density at radius 1 is 1.07 bits per heavy atom. The summed E-state index contributed by atoms with van der Waals surface area (Å²) in [6.07, 6.45) is 0.0919. The van der Waals surface area contributed by atoms with Crippen LogP contribution in [0.5, 0.6) is 0 Å². The zero-order valence-electron chi connectivity index (χ0n) is 16.1. The number of aliphatic hydroxyl groups excluding tert-OH is 1. The minimum absolute atomic E-state index is 0. The minimum atomic E-state index is -0.665. The van der Waals surface area contributed by atoms with Crippen molar-refractivity contribution >= 4 is 29.9 Å². The third kappa shape index (κ3) is 10.0. The lowest BCUT2D eigenvalue weighted by atomic mass is 10.1. The number of halogens is 2. The van der Waals surface area contributed by atoms with Crippen molar-refractivity contribution in [1.29, 1.82) is 0 Å². The maximum absolute atomic E-state index is 12.9. The molecule has 3 N–H and O–H groups in total. The predicted octanol–water partition coefficient (Wildman–Crippen LogP) is 3.12. The Labute approximate surface area is 183 Å². The van der Waals surface area contributed by atoms with E-state index in [9.17, 15) is 9.50 Å². The first-order chi connectivity index (χ1) is 13.2. The quantitative estimate of drug-likeness (QED) is 0.266. The molecule has 1 unspecified atom stereocenters. The second-order valence-electron chi connectivity index (χ2n) is 6.18. The molecule has 0 aliphatic rings. The molecule has 0 spiro atoms. The van der Waals surface area contributed by atoms with Crippen LogP contribution >= 0.6 is 24.0 Å². The second-order valence-corrected chi connectivity index (χ2v) is 6.18. The maximum atomic E-state index is 12.9. The van der Waals surface area contributed by atoms with E-state index < -0.39 is 6.10 Å². The summed E-state index contributed by atoms with van der Waals surface area (Å²) in [5, 5.41) is 16.4. The van der Waals surface area contributed by atoms with Crippen LogP contribution in [0.1, 0.15) is 18.1 Å². The van der Waals surface area contributed by atoms with Crippen LogP contribution in [-0.4, -0.2) is 43.4 Å². The van der Waals surface area contributed by atoms with Gasteiger partial charge in [-0.05, 0) is 36.6 Å². The van der Waals surface area contributed by atoms with Crippen LogP contribution in [0.2, 0.25) is 0 Å². The largest absolute Gasteiger partial charge is 0.389 e. The molecule has 5 nitrogen and oxygen atoms in total. The van der Waals surface area contributed by atoms with Crippen LogP contribution in [-0.2, 0) is 17.8 Å². The monoisotopic (exact) mass is 501 g/mol. The molecule has 0 amide bonds. The fourth-order valence-electron chi connectivity index (χ4n) is 2.45. The minimum Gasteiger partial charge on any atom is -0.389 e. The Morgan fingerprint density at radius 3 is 2.46 bits per heavy atom. The number of rotatable bonds is 10. The molecule has 0 radical (unpaired) electrons. The van der Waals surface area contributed by atoms with Gasteiger partial charge in [0.05, 0.1) is 25.9 Å². The summed E-state index contributed by atoms with van der Waals surface area (Å²) < 4.78 is 18.5. The van der Waals surface area contributed by atoms with Gasteiger partial charge in [0.15, 0.2) is 5.96 Å².